The number of nitrogens with one attached hydrogen (secondary N) is 4. The van der Waals surface area contributed by atoms with Gasteiger partial charge in [0, 0.05) is 43.2 Å². The molecule has 0 saturated heterocycles. The van der Waals surface area contributed by atoms with Crippen molar-refractivity contribution in [2.24, 2.45) is 0 Å². The number of rotatable bonds is 6. The molecule has 0 rings (SSSR count). The molecule has 0 bridgehead atoms. The molecule has 1 radical (unpaired) electrons. The second-order valence-corrected chi connectivity index (χ2v) is 7.56. The van der Waals surface area contributed by atoms with E-state index >= 15 is 0 Å². The largest absolute Gasteiger partial charge is 0.369 e. The molecule has 0 aliphatic heterocycles. The van der Waals surface area contributed by atoms with Crippen molar-refractivity contribution in [2.45, 2.75) is 0 Å². The van der Waals surface area contributed by atoms with Crippen molar-refractivity contribution < 1.29 is 17.1 Å². The fourth-order valence-corrected chi connectivity index (χ4v) is 1.53. The van der Waals surface area contributed by atoms with Crippen molar-refractivity contribution in [1.82, 2.24) is 21.3 Å². The van der Waals surface area contributed by atoms with E-state index in [9.17, 15) is 0 Å². The van der Waals surface area contributed by atoms with Crippen LogP contribution < -0.4 is 21.3 Å². The van der Waals surface area contributed by atoms with Gasteiger partial charge in [-0.15, -0.1) is 50.5 Å². The second-order valence-electron chi connectivity index (χ2n) is 2.93. The third kappa shape index (κ3) is 34.0. The Morgan fingerprint density at radius 2 is 0.667 bits per heavy atom. The van der Waals surface area contributed by atoms with Gasteiger partial charge in [-0.1, -0.05) is 48.9 Å². The smallest absolute Gasteiger partial charge is 0.130 e. The molecular formula is C8H16MnN4S8. The summed E-state index contributed by atoms with van der Waals surface area (Å²) in [5, 5.41) is 11.4. The molecule has 0 aromatic rings. The Morgan fingerprint density at radius 3 is 0.762 bits per heavy atom. The molecule has 13 heteroatoms. The minimum atomic E-state index is 0. The molecule has 123 valence electrons. The maximum atomic E-state index is 4.65. The summed E-state index contributed by atoms with van der Waals surface area (Å²) < 4.78 is 1.97. The molecule has 0 spiro atoms. The Labute approximate surface area is 179 Å². The van der Waals surface area contributed by atoms with E-state index in [0.717, 1.165) is 0 Å². The molecule has 0 saturated carbocycles. The van der Waals surface area contributed by atoms with Gasteiger partial charge >= 0.3 is 0 Å². The zero-order valence-electron chi connectivity index (χ0n) is 10.6. The van der Waals surface area contributed by atoms with E-state index in [-0.39, 0.29) is 17.1 Å². The van der Waals surface area contributed by atoms with Gasteiger partial charge in [-0.05, 0) is 0 Å². The third-order valence-electron chi connectivity index (χ3n) is 1.35. The number of thiocarbonyl (C=S) groups is 4. The van der Waals surface area contributed by atoms with E-state index in [2.05, 4.69) is 121 Å². The molecular weight excluding hydrogens is 464 g/mol. The molecule has 0 aliphatic rings. The first kappa shape index (κ1) is 27.3. The van der Waals surface area contributed by atoms with Crippen LogP contribution in [0, 0.1) is 0 Å². The van der Waals surface area contributed by atoms with Crippen LogP contribution in [-0.4, -0.2) is 43.5 Å². The van der Waals surface area contributed by atoms with Crippen LogP contribution in [0.25, 0.3) is 0 Å². The summed E-state index contributed by atoms with van der Waals surface area (Å²) in [6.45, 7) is 2.85. The number of thiol groups is 4. The Kier molecular flexibility index (Phi) is 25.4. The summed E-state index contributed by atoms with van der Waals surface area (Å²) in [4.78, 5) is 0. The summed E-state index contributed by atoms with van der Waals surface area (Å²) in [5.74, 6) is 0. The van der Waals surface area contributed by atoms with Gasteiger partial charge in [0.2, 0.25) is 0 Å². The predicted octanol–water partition coefficient (Wildman–Crippen LogP) is 1.19. The van der Waals surface area contributed by atoms with Crippen LogP contribution >= 0.6 is 99.4 Å². The Bertz CT molecular complexity index is 276. The van der Waals surface area contributed by atoms with Crippen LogP contribution in [-0.2, 0) is 17.1 Å². The molecule has 0 heterocycles. The minimum absolute atomic E-state index is 0. The van der Waals surface area contributed by atoms with Gasteiger partial charge in [0.05, 0.1) is 0 Å². The molecule has 4 N–H and O–H groups in total. The normalized spacial score (nSPS) is 8.19. The first-order valence-electron chi connectivity index (χ1n) is 5.13. The number of hydrogen-bond donors (Lipinski definition) is 8. The van der Waals surface area contributed by atoms with Gasteiger partial charge in [0.1, 0.15) is 17.3 Å². The van der Waals surface area contributed by atoms with Crippen LogP contribution in [0.5, 0.6) is 0 Å². The van der Waals surface area contributed by atoms with E-state index in [4.69, 9.17) is 0 Å². The zero-order valence-corrected chi connectivity index (χ0v) is 18.7. The van der Waals surface area contributed by atoms with Crippen molar-refractivity contribution in [2.75, 3.05) is 26.2 Å². The third-order valence-corrected chi connectivity index (χ3v) is 2.56. The maximum Gasteiger partial charge on any atom is 0.130 e. The molecule has 0 atom stereocenters. The van der Waals surface area contributed by atoms with Crippen molar-refractivity contribution in [3.8, 4) is 0 Å². The summed E-state index contributed by atoms with van der Waals surface area (Å²) >= 11 is 34.0. The number of hydrogen-bond acceptors (Lipinski definition) is 4. The van der Waals surface area contributed by atoms with Gasteiger partial charge in [-0.25, -0.2) is 0 Å². The van der Waals surface area contributed by atoms with Crippen molar-refractivity contribution in [1.29, 1.82) is 0 Å². The van der Waals surface area contributed by atoms with Crippen LogP contribution in [0.1, 0.15) is 0 Å². The predicted molar refractivity (Wildman–Crippen MR) is 118 cm³/mol. The molecule has 0 aromatic carbocycles. The monoisotopic (exact) mass is 479 g/mol. The van der Waals surface area contributed by atoms with Crippen molar-refractivity contribution in [3.63, 3.8) is 0 Å². The topological polar surface area (TPSA) is 48.1 Å². The molecule has 0 fully saturated rings. The summed E-state index contributed by atoms with van der Waals surface area (Å²) in [6.07, 6.45) is 0. The summed E-state index contributed by atoms with van der Waals surface area (Å²) in [7, 11) is 0. The quantitative estimate of drug-likeness (QED) is 0.125. The molecule has 4 nitrogen and oxygen atoms in total. The van der Waals surface area contributed by atoms with Crippen LogP contribution in [0.15, 0.2) is 0 Å². The Hall–Kier alpha value is 1.48. The van der Waals surface area contributed by atoms with Gasteiger partial charge in [-0.3, -0.25) is 0 Å². The minimum Gasteiger partial charge on any atom is -0.369 e. The Balaban J connectivity index is -0.000000295. The van der Waals surface area contributed by atoms with Crippen molar-refractivity contribution >= 4 is 117 Å². The average Bonchev–Trinajstić information content (AvgIpc) is 2.30. The zero-order chi connectivity index (χ0) is 16.0. The van der Waals surface area contributed by atoms with E-state index < -0.39 is 0 Å². The van der Waals surface area contributed by atoms with Gasteiger partial charge in [-0.2, -0.15) is 0 Å². The molecule has 0 aromatic heterocycles. The van der Waals surface area contributed by atoms with Crippen LogP contribution in [0.4, 0.5) is 0 Å². The van der Waals surface area contributed by atoms with Gasteiger partial charge in [0.25, 0.3) is 0 Å². The van der Waals surface area contributed by atoms with Gasteiger partial charge < -0.3 is 21.3 Å². The first-order chi connectivity index (χ1) is 9.25. The summed E-state index contributed by atoms with van der Waals surface area (Å²) in [5.41, 5.74) is 0. The summed E-state index contributed by atoms with van der Waals surface area (Å²) in [6, 6.07) is 0. The van der Waals surface area contributed by atoms with Crippen LogP contribution in [0.2, 0.25) is 0 Å². The first-order valence-corrected chi connectivity index (χ1v) is 8.55. The molecule has 21 heavy (non-hydrogen) atoms. The SMILES string of the molecule is S=C(S)NCCNC(=S)S.S=C(S)NCCNC(=S)S.[Mn]. The molecule has 0 amide bonds. The van der Waals surface area contributed by atoms with E-state index in [1.54, 1.807) is 0 Å². The van der Waals surface area contributed by atoms with Crippen LogP contribution in [0.3, 0.4) is 0 Å². The maximum absolute atomic E-state index is 4.65. The molecule has 0 unspecified atom stereocenters. The van der Waals surface area contributed by atoms with E-state index in [1.165, 1.54) is 0 Å². The fraction of sp³-hybridized carbons (Fsp3) is 0.500. The van der Waals surface area contributed by atoms with Gasteiger partial charge in [0.15, 0.2) is 0 Å². The fourth-order valence-electron chi connectivity index (χ4n) is 0.678. The average molecular weight is 480 g/mol. The molecule has 0 aliphatic carbocycles. The Morgan fingerprint density at radius 1 is 0.524 bits per heavy atom. The second kappa shape index (κ2) is 19.5. The van der Waals surface area contributed by atoms with E-state index in [1.807, 2.05) is 0 Å². The van der Waals surface area contributed by atoms with E-state index in [0.29, 0.717) is 43.5 Å². The standard InChI is InChI=1S/2C4H8N2S4.Mn/c2*7-3(8)5-1-2-6-4(9)10;/h2*1-2H2,(H2,5,7,8)(H2,6,9,10);. The van der Waals surface area contributed by atoms with Crippen molar-refractivity contribution in [3.05, 3.63) is 0 Å².